The van der Waals surface area contributed by atoms with Crippen LogP contribution in [0, 0.1) is 11.3 Å². The maximum absolute atomic E-state index is 10.2. The highest BCUT2D eigenvalue weighted by Crippen LogP contribution is 2.08. The Morgan fingerprint density at radius 3 is 2.50 bits per heavy atom. The number of carboxylic acids is 1. The molecule has 0 heterocycles. The molecule has 0 bridgehead atoms. The largest absolute Gasteiger partial charge is 0.481 e. The summed E-state index contributed by atoms with van der Waals surface area (Å²) in [4.78, 5) is 10.2. The predicted octanol–water partition coefficient (Wildman–Crippen LogP) is 1.69. The third-order valence-corrected chi connectivity index (χ3v) is 1.99. The van der Waals surface area contributed by atoms with Crippen LogP contribution >= 0.6 is 0 Å². The summed E-state index contributed by atoms with van der Waals surface area (Å²) in [6.07, 6.45) is 3.90. The van der Waals surface area contributed by atoms with Crippen LogP contribution in [0.3, 0.4) is 0 Å². The van der Waals surface area contributed by atoms with Crippen LogP contribution in [-0.2, 0) is 4.79 Å². The van der Waals surface area contributed by atoms with E-state index >= 15 is 0 Å². The first-order valence-corrected chi connectivity index (χ1v) is 4.93. The SMILES string of the molecule is N#CCCCCCC[C@@H](O)CC(=O)O. The Labute approximate surface area is 84.2 Å². The van der Waals surface area contributed by atoms with Crippen molar-refractivity contribution in [1.82, 2.24) is 0 Å². The zero-order valence-electron chi connectivity index (χ0n) is 8.28. The van der Waals surface area contributed by atoms with Crippen LogP contribution in [0.1, 0.15) is 44.9 Å². The van der Waals surface area contributed by atoms with Crippen molar-refractivity contribution in [1.29, 1.82) is 5.26 Å². The molecule has 0 fully saturated rings. The number of nitrogens with zero attached hydrogens (tertiary/aromatic N) is 1. The van der Waals surface area contributed by atoms with Gasteiger partial charge in [0.05, 0.1) is 18.6 Å². The van der Waals surface area contributed by atoms with E-state index < -0.39 is 12.1 Å². The summed E-state index contributed by atoms with van der Waals surface area (Å²) in [6.45, 7) is 0. The van der Waals surface area contributed by atoms with E-state index in [0.29, 0.717) is 12.8 Å². The summed E-state index contributed by atoms with van der Waals surface area (Å²) in [5.41, 5.74) is 0. The van der Waals surface area contributed by atoms with Crippen LogP contribution in [0.25, 0.3) is 0 Å². The fourth-order valence-corrected chi connectivity index (χ4v) is 1.24. The van der Waals surface area contributed by atoms with Crippen molar-refractivity contribution in [2.75, 3.05) is 0 Å². The second-order valence-corrected chi connectivity index (χ2v) is 3.36. The fraction of sp³-hybridized carbons (Fsp3) is 0.800. The molecule has 0 rings (SSSR count). The van der Waals surface area contributed by atoms with Gasteiger partial charge < -0.3 is 10.2 Å². The predicted molar refractivity (Wildman–Crippen MR) is 51.6 cm³/mol. The second-order valence-electron chi connectivity index (χ2n) is 3.36. The number of aliphatic carboxylic acids is 1. The second kappa shape index (κ2) is 8.52. The van der Waals surface area contributed by atoms with E-state index in [9.17, 15) is 9.90 Å². The summed E-state index contributed by atoms with van der Waals surface area (Å²) in [5, 5.41) is 25.8. The van der Waals surface area contributed by atoms with Crippen LogP contribution in [0.2, 0.25) is 0 Å². The molecule has 0 unspecified atom stereocenters. The molecule has 0 amide bonds. The molecule has 0 aromatic heterocycles. The van der Waals surface area contributed by atoms with Crippen molar-refractivity contribution in [3.8, 4) is 6.07 Å². The van der Waals surface area contributed by atoms with Crippen molar-refractivity contribution in [3.05, 3.63) is 0 Å². The maximum atomic E-state index is 10.2. The number of hydrogen-bond acceptors (Lipinski definition) is 3. The molecule has 0 aliphatic heterocycles. The van der Waals surface area contributed by atoms with E-state index in [1.54, 1.807) is 0 Å². The smallest absolute Gasteiger partial charge is 0.305 e. The molecule has 0 aromatic carbocycles. The van der Waals surface area contributed by atoms with Crippen molar-refractivity contribution in [2.45, 2.75) is 51.0 Å². The number of rotatable bonds is 8. The van der Waals surface area contributed by atoms with Crippen LogP contribution < -0.4 is 0 Å². The number of unbranched alkanes of at least 4 members (excludes halogenated alkanes) is 4. The molecule has 4 nitrogen and oxygen atoms in total. The van der Waals surface area contributed by atoms with Gasteiger partial charge in [-0.15, -0.1) is 0 Å². The quantitative estimate of drug-likeness (QED) is 0.583. The molecular weight excluding hydrogens is 182 g/mol. The molecule has 0 saturated heterocycles. The lowest BCUT2D eigenvalue weighted by molar-refractivity contribution is -0.139. The Hall–Kier alpha value is -1.08. The number of carboxylic acid groups (broad SMARTS) is 1. The lowest BCUT2D eigenvalue weighted by Gasteiger charge is -2.06. The van der Waals surface area contributed by atoms with Gasteiger partial charge in [-0.2, -0.15) is 5.26 Å². The van der Waals surface area contributed by atoms with E-state index in [2.05, 4.69) is 6.07 Å². The summed E-state index contributed by atoms with van der Waals surface area (Å²) >= 11 is 0. The molecule has 0 aromatic rings. The Morgan fingerprint density at radius 2 is 1.93 bits per heavy atom. The highest BCUT2D eigenvalue weighted by Gasteiger charge is 2.08. The molecule has 2 N–H and O–H groups in total. The minimum absolute atomic E-state index is 0.168. The average Bonchev–Trinajstić information content (AvgIpc) is 2.10. The molecular formula is C10H17NO3. The zero-order valence-corrected chi connectivity index (χ0v) is 8.28. The third kappa shape index (κ3) is 9.01. The van der Waals surface area contributed by atoms with Gasteiger partial charge in [-0.1, -0.05) is 19.3 Å². The minimum atomic E-state index is -0.956. The lowest BCUT2D eigenvalue weighted by atomic mass is 10.1. The standard InChI is InChI=1S/C10H17NO3/c11-7-5-3-1-2-4-6-9(12)8-10(13)14/h9,12H,1-6,8H2,(H,13,14)/t9-/m1/s1. The van der Waals surface area contributed by atoms with Crippen molar-refractivity contribution in [3.63, 3.8) is 0 Å². The van der Waals surface area contributed by atoms with Gasteiger partial charge in [-0.05, 0) is 12.8 Å². The first-order valence-electron chi connectivity index (χ1n) is 4.93. The first kappa shape index (κ1) is 12.9. The summed E-state index contributed by atoms with van der Waals surface area (Å²) < 4.78 is 0. The molecule has 14 heavy (non-hydrogen) atoms. The van der Waals surface area contributed by atoms with E-state index in [1.807, 2.05) is 0 Å². The number of aliphatic hydroxyl groups excluding tert-OH is 1. The highest BCUT2D eigenvalue weighted by molar-refractivity contribution is 5.67. The Morgan fingerprint density at radius 1 is 1.29 bits per heavy atom. The number of nitriles is 1. The number of carbonyl (C=O) groups is 1. The topological polar surface area (TPSA) is 81.3 Å². The van der Waals surface area contributed by atoms with Gasteiger partial charge >= 0.3 is 5.97 Å². The monoisotopic (exact) mass is 199 g/mol. The minimum Gasteiger partial charge on any atom is -0.481 e. The Bertz CT molecular complexity index is 198. The first-order chi connectivity index (χ1) is 6.66. The van der Waals surface area contributed by atoms with E-state index in [0.717, 1.165) is 25.7 Å². The molecule has 80 valence electrons. The molecule has 4 heteroatoms. The van der Waals surface area contributed by atoms with Gasteiger partial charge in [-0.25, -0.2) is 0 Å². The van der Waals surface area contributed by atoms with Gasteiger partial charge in [0, 0.05) is 6.42 Å². The van der Waals surface area contributed by atoms with Gasteiger partial charge in [-0.3, -0.25) is 4.79 Å². The maximum Gasteiger partial charge on any atom is 0.305 e. The van der Waals surface area contributed by atoms with Crippen LogP contribution in [0.15, 0.2) is 0 Å². The van der Waals surface area contributed by atoms with E-state index in [1.165, 1.54) is 0 Å². The van der Waals surface area contributed by atoms with Gasteiger partial charge in [0.1, 0.15) is 0 Å². The number of hydrogen-bond donors (Lipinski definition) is 2. The normalized spacial score (nSPS) is 12.0. The zero-order chi connectivity index (χ0) is 10.8. The van der Waals surface area contributed by atoms with Gasteiger partial charge in [0.15, 0.2) is 0 Å². The van der Waals surface area contributed by atoms with Crippen molar-refractivity contribution in [2.24, 2.45) is 0 Å². The Kier molecular flexibility index (Phi) is 7.86. The van der Waals surface area contributed by atoms with Gasteiger partial charge in [0.2, 0.25) is 0 Å². The molecule has 1 atom stereocenters. The average molecular weight is 199 g/mol. The summed E-state index contributed by atoms with van der Waals surface area (Å²) in [6, 6.07) is 2.07. The lowest BCUT2D eigenvalue weighted by Crippen LogP contribution is -2.12. The van der Waals surface area contributed by atoms with Crippen LogP contribution in [0.5, 0.6) is 0 Å². The molecule has 0 aliphatic carbocycles. The van der Waals surface area contributed by atoms with Crippen molar-refractivity contribution >= 4 is 5.97 Å². The highest BCUT2D eigenvalue weighted by atomic mass is 16.4. The van der Waals surface area contributed by atoms with Crippen LogP contribution in [-0.4, -0.2) is 22.3 Å². The fourth-order valence-electron chi connectivity index (χ4n) is 1.24. The molecule has 0 aliphatic rings. The third-order valence-electron chi connectivity index (χ3n) is 1.99. The van der Waals surface area contributed by atoms with Crippen LogP contribution in [0.4, 0.5) is 0 Å². The van der Waals surface area contributed by atoms with Crippen molar-refractivity contribution < 1.29 is 15.0 Å². The Balaban J connectivity index is 3.19. The summed E-state index contributed by atoms with van der Waals surface area (Å²) in [5.74, 6) is -0.956. The number of aliphatic hydroxyl groups is 1. The molecule has 0 radical (unpaired) electrons. The molecule has 0 spiro atoms. The van der Waals surface area contributed by atoms with E-state index in [4.69, 9.17) is 10.4 Å². The van der Waals surface area contributed by atoms with Gasteiger partial charge in [0.25, 0.3) is 0 Å². The molecule has 0 saturated carbocycles. The van der Waals surface area contributed by atoms with E-state index in [-0.39, 0.29) is 6.42 Å². The summed E-state index contributed by atoms with van der Waals surface area (Å²) in [7, 11) is 0.